The zero-order chi connectivity index (χ0) is 13.2. The van der Waals surface area contributed by atoms with Gasteiger partial charge in [0.25, 0.3) is 0 Å². The van der Waals surface area contributed by atoms with E-state index in [-0.39, 0.29) is 18.2 Å². The molecule has 0 amide bonds. The number of hydrogen-bond donors (Lipinski definition) is 1. The highest BCUT2D eigenvalue weighted by atomic mass is 35.5. The second-order valence-electron chi connectivity index (χ2n) is 4.62. The van der Waals surface area contributed by atoms with E-state index in [1.165, 1.54) is 6.07 Å². The zero-order valence-electron chi connectivity index (χ0n) is 11.1. The van der Waals surface area contributed by atoms with Crippen LogP contribution in [0.25, 0.3) is 17.0 Å². The summed E-state index contributed by atoms with van der Waals surface area (Å²) >= 11 is 0. The van der Waals surface area contributed by atoms with Gasteiger partial charge in [-0.05, 0) is 24.6 Å². The van der Waals surface area contributed by atoms with E-state index in [0.717, 1.165) is 25.1 Å². The fraction of sp³-hybridized carbons (Fsp3) is 0.286. The molecule has 6 heteroatoms. The molecule has 1 aromatic carbocycles. The van der Waals surface area contributed by atoms with Crippen molar-refractivity contribution < 1.29 is 4.39 Å². The van der Waals surface area contributed by atoms with Gasteiger partial charge >= 0.3 is 0 Å². The van der Waals surface area contributed by atoms with Crippen LogP contribution in [0.15, 0.2) is 30.6 Å². The first-order valence-electron chi connectivity index (χ1n) is 6.30. The van der Waals surface area contributed by atoms with Gasteiger partial charge in [0.2, 0.25) is 0 Å². The van der Waals surface area contributed by atoms with Crippen molar-refractivity contribution in [2.75, 3.05) is 13.1 Å². The minimum absolute atomic E-state index is 0. The van der Waals surface area contributed by atoms with E-state index in [0.29, 0.717) is 17.0 Å². The fourth-order valence-corrected chi connectivity index (χ4v) is 2.25. The molecule has 1 N–H and O–H groups in total. The Hall–Kier alpha value is -1.72. The van der Waals surface area contributed by atoms with Crippen molar-refractivity contribution in [3.8, 4) is 11.4 Å². The molecule has 0 unspecified atom stereocenters. The Morgan fingerprint density at radius 1 is 1.35 bits per heavy atom. The summed E-state index contributed by atoms with van der Waals surface area (Å²) in [6, 6.07) is 5.20. The van der Waals surface area contributed by atoms with Crippen molar-refractivity contribution >= 4 is 18.0 Å². The predicted octanol–water partition coefficient (Wildman–Crippen LogP) is 2.42. The number of nitrogens with zero attached hydrogens (tertiary/aromatic N) is 3. The molecule has 0 fully saturated rings. The molecule has 0 saturated heterocycles. The van der Waals surface area contributed by atoms with Crippen molar-refractivity contribution in [1.82, 2.24) is 20.1 Å². The number of rotatable bonds is 2. The standard InChI is InChI=1S/C14H15FN4.ClH/c1-19-9-17-14(18-19)11-2-3-12(13(15)8-11)10-4-6-16-7-5-10;/h2-4,8-9,16H,5-7H2,1H3;1H. The summed E-state index contributed by atoms with van der Waals surface area (Å²) in [5, 5.41) is 7.40. The molecule has 0 radical (unpaired) electrons. The second-order valence-corrected chi connectivity index (χ2v) is 4.62. The maximum Gasteiger partial charge on any atom is 0.181 e. The number of aromatic nitrogens is 3. The molecule has 0 bridgehead atoms. The smallest absolute Gasteiger partial charge is 0.181 e. The molecule has 0 saturated carbocycles. The first-order chi connectivity index (χ1) is 9.24. The first-order valence-corrected chi connectivity index (χ1v) is 6.30. The Morgan fingerprint density at radius 3 is 2.80 bits per heavy atom. The highest BCUT2D eigenvalue weighted by Gasteiger charge is 2.12. The Morgan fingerprint density at radius 2 is 2.20 bits per heavy atom. The Labute approximate surface area is 123 Å². The van der Waals surface area contributed by atoms with E-state index >= 15 is 0 Å². The lowest BCUT2D eigenvalue weighted by Gasteiger charge is -2.15. The van der Waals surface area contributed by atoms with Crippen LogP contribution in [0.5, 0.6) is 0 Å². The largest absolute Gasteiger partial charge is 0.313 e. The van der Waals surface area contributed by atoms with Crippen LogP contribution in [-0.4, -0.2) is 27.9 Å². The second kappa shape index (κ2) is 6.15. The average Bonchev–Trinajstić information content (AvgIpc) is 2.86. The quantitative estimate of drug-likeness (QED) is 0.925. The SMILES string of the molecule is Cl.Cn1cnc(-c2ccc(C3=CCNCC3)c(F)c2)n1. The molecule has 106 valence electrons. The summed E-state index contributed by atoms with van der Waals surface area (Å²) in [5.41, 5.74) is 2.45. The van der Waals surface area contributed by atoms with Crippen LogP contribution in [0.3, 0.4) is 0 Å². The Balaban J connectivity index is 0.00000147. The molecular weight excluding hydrogens is 279 g/mol. The summed E-state index contributed by atoms with van der Waals surface area (Å²) in [5.74, 6) is 0.338. The molecule has 1 aromatic heterocycles. The Bertz CT molecular complexity index is 636. The van der Waals surface area contributed by atoms with Crippen LogP contribution in [0.2, 0.25) is 0 Å². The van der Waals surface area contributed by atoms with Crippen LogP contribution in [-0.2, 0) is 7.05 Å². The van der Waals surface area contributed by atoms with Gasteiger partial charge in [0, 0.05) is 24.7 Å². The maximum absolute atomic E-state index is 14.2. The lowest BCUT2D eigenvalue weighted by atomic mass is 9.98. The van der Waals surface area contributed by atoms with Crippen LogP contribution in [0.1, 0.15) is 12.0 Å². The van der Waals surface area contributed by atoms with Gasteiger partial charge in [-0.15, -0.1) is 12.4 Å². The average molecular weight is 295 g/mol. The molecule has 0 aliphatic carbocycles. The molecule has 2 aromatic rings. The first kappa shape index (κ1) is 14.7. The van der Waals surface area contributed by atoms with Crippen LogP contribution >= 0.6 is 12.4 Å². The number of nitrogens with one attached hydrogen (secondary N) is 1. The van der Waals surface area contributed by atoms with E-state index < -0.39 is 0 Å². The van der Waals surface area contributed by atoms with Gasteiger partial charge in [0.1, 0.15) is 12.1 Å². The third-order valence-corrected chi connectivity index (χ3v) is 3.24. The highest BCUT2D eigenvalue weighted by molar-refractivity contribution is 5.85. The van der Waals surface area contributed by atoms with Gasteiger partial charge in [0.05, 0.1) is 0 Å². The van der Waals surface area contributed by atoms with Crippen LogP contribution in [0, 0.1) is 5.82 Å². The molecule has 3 rings (SSSR count). The van der Waals surface area contributed by atoms with Crippen molar-refractivity contribution in [2.45, 2.75) is 6.42 Å². The van der Waals surface area contributed by atoms with E-state index in [1.807, 2.05) is 18.2 Å². The van der Waals surface area contributed by atoms with E-state index in [1.54, 1.807) is 18.1 Å². The third-order valence-electron chi connectivity index (χ3n) is 3.24. The van der Waals surface area contributed by atoms with E-state index in [9.17, 15) is 4.39 Å². The van der Waals surface area contributed by atoms with Crippen molar-refractivity contribution in [3.05, 3.63) is 42.0 Å². The molecule has 0 spiro atoms. The van der Waals surface area contributed by atoms with Gasteiger partial charge in [-0.25, -0.2) is 9.37 Å². The fourth-order valence-electron chi connectivity index (χ4n) is 2.25. The number of hydrogen-bond acceptors (Lipinski definition) is 3. The zero-order valence-corrected chi connectivity index (χ0v) is 12.0. The summed E-state index contributed by atoms with van der Waals surface area (Å²) in [6.07, 6.45) is 4.51. The number of benzene rings is 1. The summed E-state index contributed by atoms with van der Waals surface area (Å²) in [4.78, 5) is 4.13. The Kier molecular flexibility index (Phi) is 4.52. The van der Waals surface area contributed by atoms with Crippen molar-refractivity contribution in [2.24, 2.45) is 7.05 Å². The molecule has 4 nitrogen and oxygen atoms in total. The molecule has 1 aliphatic rings. The lowest BCUT2D eigenvalue weighted by Crippen LogP contribution is -2.20. The summed E-state index contributed by atoms with van der Waals surface area (Å²) < 4.78 is 15.8. The predicted molar refractivity (Wildman–Crippen MR) is 79.1 cm³/mol. The minimum atomic E-state index is -0.210. The number of halogens is 2. The summed E-state index contributed by atoms with van der Waals surface area (Å²) in [7, 11) is 1.79. The molecule has 20 heavy (non-hydrogen) atoms. The van der Waals surface area contributed by atoms with E-state index in [4.69, 9.17) is 0 Å². The van der Waals surface area contributed by atoms with Crippen molar-refractivity contribution in [1.29, 1.82) is 0 Å². The number of aryl methyl sites for hydroxylation is 1. The van der Waals surface area contributed by atoms with Gasteiger partial charge in [0.15, 0.2) is 5.82 Å². The highest BCUT2D eigenvalue weighted by Crippen LogP contribution is 2.26. The summed E-state index contributed by atoms with van der Waals surface area (Å²) in [6.45, 7) is 1.70. The van der Waals surface area contributed by atoms with Crippen LogP contribution < -0.4 is 5.32 Å². The molecule has 1 aliphatic heterocycles. The maximum atomic E-state index is 14.2. The van der Waals surface area contributed by atoms with Gasteiger partial charge in [-0.1, -0.05) is 18.2 Å². The normalized spacial score (nSPS) is 14.6. The monoisotopic (exact) mass is 294 g/mol. The van der Waals surface area contributed by atoms with Gasteiger partial charge in [-0.3, -0.25) is 4.68 Å². The van der Waals surface area contributed by atoms with Gasteiger partial charge in [-0.2, -0.15) is 5.10 Å². The lowest BCUT2D eigenvalue weighted by molar-refractivity contribution is 0.621. The molecule has 2 heterocycles. The van der Waals surface area contributed by atoms with E-state index in [2.05, 4.69) is 15.4 Å². The van der Waals surface area contributed by atoms with Crippen molar-refractivity contribution in [3.63, 3.8) is 0 Å². The van der Waals surface area contributed by atoms with Crippen LogP contribution in [0.4, 0.5) is 4.39 Å². The minimum Gasteiger partial charge on any atom is -0.313 e. The van der Waals surface area contributed by atoms with Gasteiger partial charge < -0.3 is 5.32 Å². The topological polar surface area (TPSA) is 42.7 Å². The molecular formula is C14H16ClFN4. The molecule has 0 atom stereocenters. The third kappa shape index (κ3) is 2.89.